The van der Waals surface area contributed by atoms with Crippen LogP contribution in [0.2, 0.25) is 0 Å². The van der Waals surface area contributed by atoms with Crippen molar-refractivity contribution < 1.29 is 4.92 Å². The van der Waals surface area contributed by atoms with Crippen LogP contribution in [0.25, 0.3) is 11.4 Å². The zero-order valence-corrected chi connectivity index (χ0v) is 10.3. The lowest BCUT2D eigenvalue weighted by atomic mass is 10.1. The van der Waals surface area contributed by atoms with Crippen molar-refractivity contribution in [2.75, 3.05) is 12.4 Å². The lowest BCUT2D eigenvalue weighted by molar-refractivity contribution is -0.384. The van der Waals surface area contributed by atoms with Crippen molar-refractivity contribution in [3.8, 4) is 11.4 Å². The summed E-state index contributed by atoms with van der Waals surface area (Å²) >= 11 is 0. The van der Waals surface area contributed by atoms with Gasteiger partial charge in [-0.1, -0.05) is 12.1 Å². The van der Waals surface area contributed by atoms with Gasteiger partial charge in [-0.25, -0.2) is 0 Å². The summed E-state index contributed by atoms with van der Waals surface area (Å²) in [5, 5.41) is 21.9. The van der Waals surface area contributed by atoms with E-state index < -0.39 is 4.92 Å². The molecular weight excluding hydrogens is 234 g/mol. The number of nitro groups is 1. The minimum atomic E-state index is -0.407. The number of anilines is 1. The summed E-state index contributed by atoms with van der Waals surface area (Å²) in [7, 11) is 3.48. The molecule has 0 spiro atoms. The second-order valence-corrected chi connectivity index (χ2v) is 3.88. The molecule has 94 valence electrons. The maximum atomic E-state index is 11.1. The van der Waals surface area contributed by atoms with Crippen molar-refractivity contribution in [3.63, 3.8) is 0 Å². The molecule has 0 aliphatic rings. The third-order valence-corrected chi connectivity index (χ3v) is 2.77. The van der Waals surface area contributed by atoms with Gasteiger partial charge in [0.25, 0.3) is 5.69 Å². The largest absolute Gasteiger partial charge is 0.357 e. The smallest absolute Gasteiger partial charge is 0.280 e. The second-order valence-electron chi connectivity index (χ2n) is 3.88. The van der Waals surface area contributed by atoms with Gasteiger partial charge < -0.3 is 5.32 Å². The molecule has 2 rings (SSSR count). The second kappa shape index (κ2) is 4.44. The van der Waals surface area contributed by atoms with Crippen LogP contribution in [-0.2, 0) is 7.05 Å². The summed E-state index contributed by atoms with van der Waals surface area (Å²) in [6, 6.07) is 4.94. The first-order valence-electron chi connectivity index (χ1n) is 5.37. The fourth-order valence-electron chi connectivity index (χ4n) is 1.86. The highest BCUT2D eigenvalue weighted by atomic mass is 16.6. The van der Waals surface area contributed by atoms with E-state index in [4.69, 9.17) is 0 Å². The van der Waals surface area contributed by atoms with Crippen LogP contribution in [0.1, 0.15) is 5.56 Å². The van der Waals surface area contributed by atoms with E-state index in [0.29, 0.717) is 17.3 Å². The molecule has 0 radical (unpaired) electrons. The molecule has 0 bridgehead atoms. The molecule has 0 aliphatic carbocycles. The Morgan fingerprint density at radius 2 is 2.11 bits per heavy atom. The highest BCUT2D eigenvalue weighted by Crippen LogP contribution is 2.32. The van der Waals surface area contributed by atoms with Crippen LogP contribution in [0.3, 0.4) is 0 Å². The zero-order valence-electron chi connectivity index (χ0n) is 10.3. The highest BCUT2D eigenvalue weighted by Gasteiger charge is 2.22. The van der Waals surface area contributed by atoms with Crippen molar-refractivity contribution in [1.82, 2.24) is 14.8 Å². The monoisotopic (exact) mass is 247 g/mol. The molecule has 0 saturated heterocycles. The quantitative estimate of drug-likeness (QED) is 0.659. The Hall–Kier alpha value is -2.44. The van der Waals surface area contributed by atoms with E-state index >= 15 is 0 Å². The van der Waals surface area contributed by atoms with Crippen molar-refractivity contribution in [1.29, 1.82) is 0 Å². The summed E-state index contributed by atoms with van der Waals surface area (Å²) in [6.45, 7) is 1.82. The molecule has 0 amide bonds. The van der Waals surface area contributed by atoms with Gasteiger partial charge in [0.2, 0.25) is 5.95 Å². The average molecular weight is 247 g/mol. The summed E-state index contributed by atoms with van der Waals surface area (Å²) < 4.78 is 1.69. The first-order chi connectivity index (χ1) is 8.56. The third kappa shape index (κ3) is 1.79. The summed E-state index contributed by atoms with van der Waals surface area (Å²) in [6.07, 6.45) is 0. The van der Waals surface area contributed by atoms with E-state index in [1.54, 1.807) is 24.7 Å². The predicted octanol–water partition coefficient (Wildman–Crippen LogP) is 1.74. The number of aryl methyl sites for hydroxylation is 1. The van der Waals surface area contributed by atoms with Crippen molar-refractivity contribution in [2.24, 2.45) is 7.05 Å². The molecular formula is C11H13N5O2. The number of hydrogen-bond donors (Lipinski definition) is 1. The Bertz CT molecular complexity index is 605. The van der Waals surface area contributed by atoms with Gasteiger partial charge in [-0.3, -0.25) is 14.7 Å². The molecule has 0 atom stereocenters. The van der Waals surface area contributed by atoms with Gasteiger partial charge in [0.05, 0.1) is 10.5 Å². The number of benzene rings is 1. The molecule has 18 heavy (non-hydrogen) atoms. The lowest BCUT2D eigenvalue weighted by Crippen LogP contribution is -2.02. The Morgan fingerprint density at radius 1 is 1.39 bits per heavy atom. The number of aromatic nitrogens is 3. The van der Waals surface area contributed by atoms with Gasteiger partial charge in [-0.15, -0.1) is 10.2 Å². The predicted molar refractivity (Wildman–Crippen MR) is 67.4 cm³/mol. The number of nitrogens with one attached hydrogen (secondary N) is 1. The van der Waals surface area contributed by atoms with Crippen LogP contribution in [-0.4, -0.2) is 26.7 Å². The van der Waals surface area contributed by atoms with Crippen molar-refractivity contribution >= 4 is 11.6 Å². The van der Waals surface area contributed by atoms with Gasteiger partial charge in [0.1, 0.15) is 0 Å². The molecule has 7 heteroatoms. The van der Waals surface area contributed by atoms with Crippen LogP contribution < -0.4 is 5.32 Å². The molecule has 0 unspecified atom stereocenters. The molecule has 1 heterocycles. The van der Waals surface area contributed by atoms with Crippen LogP contribution in [0, 0.1) is 17.0 Å². The summed E-state index contributed by atoms with van der Waals surface area (Å²) in [5.41, 5.74) is 1.33. The number of hydrogen-bond acceptors (Lipinski definition) is 5. The van der Waals surface area contributed by atoms with E-state index in [2.05, 4.69) is 15.5 Å². The first kappa shape index (κ1) is 12.0. The third-order valence-electron chi connectivity index (χ3n) is 2.77. The van der Waals surface area contributed by atoms with Crippen molar-refractivity contribution in [3.05, 3.63) is 33.9 Å². The van der Waals surface area contributed by atoms with E-state index in [-0.39, 0.29) is 5.69 Å². The summed E-state index contributed by atoms with van der Waals surface area (Å²) in [5.74, 6) is 1.03. The summed E-state index contributed by atoms with van der Waals surface area (Å²) in [4.78, 5) is 10.7. The van der Waals surface area contributed by atoms with E-state index in [0.717, 1.165) is 5.56 Å². The van der Waals surface area contributed by atoms with Gasteiger partial charge >= 0.3 is 0 Å². The molecule has 1 N–H and O–H groups in total. The average Bonchev–Trinajstić information content (AvgIpc) is 2.70. The molecule has 0 fully saturated rings. The van der Waals surface area contributed by atoms with Gasteiger partial charge in [0.15, 0.2) is 5.82 Å². The van der Waals surface area contributed by atoms with Crippen LogP contribution in [0.4, 0.5) is 11.6 Å². The Labute approximate surface area is 104 Å². The van der Waals surface area contributed by atoms with Crippen LogP contribution >= 0.6 is 0 Å². The minimum Gasteiger partial charge on any atom is -0.357 e. The number of nitrogens with zero attached hydrogens (tertiary/aromatic N) is 4. The zero-order chi connectivity index (χ0) is 13.3. The van der Waals surface area contributed by atoms with Crippen LogP contribution in [0.5, 0.6) is 0 Å². The van der Waals surface area contributed by atoms with Gasteiger partial charge in [-0.05, 0) is 12.5 Å². The van der Waals surface area contributed by atoms with Gasteiger partial charge in [-0.2, -0.15) is 0 Å². The Morgan fingerprint density at radius 3 is 2.67 bits per heavy atom. The SMILES string of the molecule is CNc1nnc(-c2c(C)cccc2[N+](=O)[O-])n1C. The van der Waals surface area contributed by atoms with Crippen LogP contribution in [0.15, 0.2) is 18.2 Å². The Balaban J connectivity index is 2.70. The van der Waals surface area contributed by atoms with Gasteiger partial charge in [0, 0.05) is 20.2 Å². The minimum absolute atomic E-state index is 0.0353. The molecule has 7 nitrogen and oxygen atoms in total. The van der Waals surface area contributed by atoms with Crippen molar-refractivity contribution in [2.45, 2.75) is 6.92 Å². The highest BCUT2D eigenvalue weighted by molar-refractivity contribution is 5.72. The Kier molecular flexibility index (Phi) is 2.97. The lowest BCUT2D eigenvalue weighted by Gasteiger charge is -2.06. The molecule has 1 aromatic heterocycles. The fraction of sp³-hybridized carbons (Fsp3) is 0.273. The van der Waals surface area contributed by atoms with E-state index in [1.165, 1.54) is 6.07 Å². The van der Waals surface area contributed by atoms with E-state index in [9.17, 15) is 10.1 Å². The normalized spacial score (nSPS) is 10.4. The standard InChI is InChI=1S/C11H13N5O2/c1-7-5-4-6-8(16(17)18)9(7)10-13-14-11(12-2)15(10)3/h4-6H,1-3H3,(H,12,14). The molecule has 1 aromatic carbocycles. The first-order valence-corrected chi connectivity index (χ1v) is 5.37. The van der Waals surface area contributed by atoms with E-state index in [1.807, 2.05) is 13.0 Å². The molecule has 2 aromatic rings. The maximum Gasteiger partial charge on any atom is 0.280 e. The number of rotatable bonds is 3. The number of nitro benzene ring substituents is 1. The molecule has 0 aliphatic heterocycles. The fourth-order valence-corrected chi connectivity index (χ4v) is 1.86. The molecule has 0 saturated carbocycles. The topological polar surface area (TPSA) is 85.9 Å². The maximum absolute atomic E-state index is 11.1.